The number of hydrogen-bond acceptors (Lipinski definition) is 4. The van der Waals surface area contributed by atoms with E-state index in [0.29, 0.717) is 0 Å². The molecule has 0 aliphatic carbocycles. The number of para-hydroxylation sites is 1. The number of ether oxygens (including phenoxy) is 1. The quantitative estimate of drug-likeness (QED) is 0.663. The Morgan fingerprint density at radius 3 is 2.71 bits per heavy atom. The summed E-state index contributed by atoms with van der Waals surface area (Å²) in [5.74, 6) is 0.730. The van der Waals surface area contributed by atoms with Crippen LogP contribution < -0.4 is 15.4 Å². The van der Waals surface area contributed by atoms with Gasteiger partial charge < -0.3 is 15.4 Å². The van der Waals surface area contributed by atoms with Gasteiger partial charge in [-0.25, -0.2) is 0 Å². The topological polar surface area (TPSA) is 50.4 Å². The molecule has 128 valence electrons. The molecule has 0 unspecified atom stereocenters. The number of amides is 1. The van der Waals surface area contributed by atoms with E-state index in [4.69, 9.17) is 4.74 Å². The Morgan fingerprint density at radius 1 is 1.29 bits per heavy atom. The van der Waals surface area contributed by atoms with E-state index in [0.717, 1.165) is 26.4 Å². The van der Waals surface area contributed by atoms with Crippen LogP contribution in [0.3, 0.4) is 0 Å². The first-order chi connectivity index (χ1) is 11.5. The molecule has 0 aromatic heterocycles. The highest BCUT2D eigenvalue weighted by molar-refractivity contribution is 9.10. The maximum atomic E-state index is 12.2. The third-order valence-corrected chi connectivity index (χ3v) is 5.04. The van der Waals surface area contributed by atoms with Crippen LogP contribution in [0.25, 0.3) is 0 Å². The molecular weight excluding hydrogens is 388 g/mol. The van der Waals surface area contributed by atoms with Crippen LogP contribution in [0.4, 0.5) is 5.69 Å². The first kappa shape index (κ1) is 18.8. The van der Waals surface area contributed by atoms with E-state index < -0.39 is 0 Å². The molecule has 0 aliphatic rings. The second kappa shape index (κ2) is 9.11. The molecule has 4 nitrogen and oxygen atoms in total. The van der Waals surface area contributed by atoms with Crippen molar-refractivity contribution in [2.24, 2.45) is 0 Å². The first-order valence-corrected chi connectivity index (χ1v) is 9.56. The van der Waals surface area contributed by atoms with Crippen LogP contribution in [-0.4, -0.2) is 25.8 Å². The summed E-state index contributed by atoms with van der Waals surface area (Å²) < 4.78 is 6.13. The SMILES string of the molecule is COc1ccc([C@@H](C)NCC(=O)Nc2ccccc2SC)cc1Br. The Balaban J connectivity index is 1.92. The molecule has 0 fully saturated rings. The number of carbonyl (C=O) groups is 1. The normalized spacial score (nSPS) is 11.8. The molecule has 1 amide bonds. The van der Waals surface area contributed by atoms with Crippen LogP contribution in [0.2, 0.25) is 0 Å². The van der Waals surface area contributed by atoms with Crippen LogP contribution in [0, 0.1) is 0 Å². The molecule has 0 saturated heterocycles. The fourth-order valence-electron chi connectivity index (χ4n) is 2.26. The number of halogens is 1. The largest absolute Gasteiger partial charge is 0.496 e. The smallest absolute Gasteiger partial charge is 0.238 e. The lowest BCUT2D eigenvalue weighted by Crippen LogP contribution is -2.30. The number of benzene rings is 2. The molecule has 2 rings (SSSR count). The minimum absolute atomic E-state index is 0.0498. The van der Waals surface area contributed by atoms with Crippen molar-refractivity contribution >= 4 is 39.3 Å². The number of thioether (sulfide) groups is 1. The van der Waals surface area contributed by atoms with Gasteiger partial charge in [-0.2, -0.15) is 0 Å². The van der Waals surface area contributed by atoms with Crippen molar-refractivity contribution in [3.8, 4) is 5.75 Å². The van der Waals surface area contributed by atoms with Gasteiger partial charge in [-0.3, -0.25) is 4.79 Å². The van der Waals surface area contributed by atoms with E-state index in [1.54, 1.807) is 18.9 Å². The van der Waals surface area contributed by atoms with Crippen molar-refractivity contribution in [1.29, 1.82) is 0 Å². The van der Waals surface area contributed by atoms with E-state index >= 15 is 0 Å². The average molecular weight is 409 g/mol. The van der Waals surface area contributed by atoms with Crippen LogP contribution >= 0.6 is 27.7 Å². The fourth-order valence-corrected chi connectivity index (χ4v) is 3.37. The molecule has 2 N–H and O–H groups in total. The molecule has 0 aliphatic heterocycles. The van der Waals surface area contributed by atoms with Crippen molar-refractivity contribution < 1.29 is 9.53 Å². The predicted molar refractivity (Wildman–Crippen MR) is 104 cm³/mol. The molecule has 0 radical (unpaired) electrons. The highest BCUT2D eigenvalue weighted by Gasteiger charge is 2.11. The lowest BCUT2D eigenvalue weighted by Gasteiger charge is -2.16. The summed E-state index contributed by atoms with van der Waals surface area (Å²) in [6.07, 6.45) is 1.99. The molecule has 1 atom stereocenters. The molecule has 2 aromatic rings. The number of anilines is 1. The number of carbonyl (C=O) groups excluding carboxylic acids is 1. The molecular formula is C18H21BrN2O2S. The van der Waals surface area contributed by atoms with Gasteiger partial charge in [0.05, 0.1) is 23.8 Å². The van der Waals surface area contributed by atoms with Crippen LogP contribution in [-0.2, 0) is 4.79 Å². The molecule has 24 heavy (non-hydrogen) atoms. The van der Waals surface area contributed by atoms with Crippen molar-refractivity contribution in [2.75, 3.05) is 25.2 Å². The van der Waals surface area contributed by atoms with Crippen molar-refractivity contribution in [2.45, 2.75) is 17.9 Å². The van der Waals surface area contributed by atoms with Gasteiger partial charge >= 0.3 is 0 Å². The standard InChI is InChI=1S/C18H21BrN2O2S/c1-12(13-8-9-16(23-2)14(19)10-13)20-11-18(22)21-15-6-4-5-7-17(15)24-3/h4-10,12,20H,11H2,1-3H3,(H,21,22)/t12-/m1/s1. The van der Waals surface area contributed by atoms with Crippen molar-refractivity contribution in [1.82, 2.24) is 5.32 Å². The van der Waals surface area contributed by atoms with E-state index in [2.05, 4.69) is 26.6 Å². The molecule has 0 bridgehead atoms. The Morgan fingerprint density at radius 2 is 2.04 bits per heavy atom. The van der Waals surface area contributed by atoms with E-state index in [1.807, 2.05) is 55.6 Å². The second-order valence-corrected chi connectivity index (χ2v) is 6.95. The summed E-state index contributed by atoms with van der Waals surface area (Å²) in [4.78, 5) is 13.2. The van der Waals surface area contributed by atoms with Gasteiger partial charge in [0.15, 0.2) is 0 Å². The van der Waals surface area contributed by atoms with Gasteiger partial charge in [0.2, 0.25) is 5.91 Å². The Labute approximate surface area is 155 Å². The maximum Gasteiger partial charge on any atom is 0.238 e. The highest BCUT2D eigenvalue weighted by atomic mass is 79.9. The Kier molecular flexibility index (Phi) is 7.15. The zero-order chi connectivity index (χ0) is 17.5. The summed E-state index contributed by atoms with van der Waals surface area (Å²) in [7, 11) is 1.64. The monoisotopic (exact) mass is 408 g/mol. The van der Waals surface area contributed by atoms with Gasteiger partial charge in [-0.1, -0.05) is 18.2 Å². The van der Waals surface area contributed by atoms with E-state index in [9.17, 15) is 4.79 Å². The summed E-state index contributed by atoms with van der Waals surface area (Å²) in [5.41, 5.74) is 1.93. The van der Waals surface area contributed by atoms with Gasteiger partial charge in [-0.05, 0) is 58.9 Å². The van der Waals surface area contributed by atoms with Gasteiger partial charge in [0.25, 0.3) is 0 Å². The first-order valence-electron chi connectivity index (χ1n) is 7.55. The zero-order valence-corrected chi connectivity index (χ0v) is 16.3. The molecule has 2 aromatic carbocycles. The van der Waals surface area contributed by atoms with Gasteiger partial charge in [0, 0.05) is 10.9 Å². The fraction of sp³-hybridized carbons (Fsp3) is 0.278. The third-order valence-electron chi connectivity index (χ3n) is 3.63. The molecule has 0 heterocycles. The lowest BCUT2D eigenvalue weighted by molar-refractivity contribution is -0.115. The summed E-state index contributed by atoms with van der Waals surface area (Å²) >= 11 is 5.09. The summed E-state index contributed by atoms with van der Waals surface area (Å²) in [6.45, 7) is 2.27. The Bertz CT molecular complexity index is 709. The van der Waals surface area contributed by atoms with Crippen molar-refractivity contribution in [3.05, 3.63) is 52.5 Å². The molecule has 0 spiro atoms. The minimum Gasteiger partial charge on any atom is -0.496 e. The lowest BCUT2D eigenvalue weighted by atomic mass is 10.1. The summed E-state index contributed by atoms with van der Waals surface area (Å²) in [6, 6.07) is 13.7. The molecule has 0 saturated carbocycles. The zero-order valence-electron chi connectivity index (χ0n) is 13.9. The number of hydrogen-bond donors (Lipinski definition) is 2. The van der Waals surface area contributed by atoms with Gasteiger partial charge in [0.1, 0.15) is 5.75 Å². The number of nitrogens with one attached hydrogen (secondary N) is 2. The third kappa shape index (κ3) is 5.00. The predicted octanol–water partition coefficient (Wildman–Crippen LogP) is 4.47. The van der Waals surface area contributed by atoms with Crippen LogP contribution in [0.15, 0.2) is 51.8 Å². The van der Waals surface area contributed by atoms with Crippen LogP contribution in [0.1, 0.15) is 18.5 Å². The Hall–Kier alpha value is -1.50. The van der Waals surface area contributed by atoms with Crippen LogP contribution in [0.5, 0.6) is 5.75 Å². The van der Waals surface area contributed by atoms with Crippen molar-refractivity contribution in [3.63, 3.8) is 0 Å². The maximum absolute atomic E-state index is 12.2. The summed E-state index contributed by atoms with van der Waals surface area (Å²) in [5, 5.41) is 6.19. The number of rotatable bonds is 7. The highest BCUT2D eigenvalue weighted by Crippen LogP contribution is 2.28. The van der Waals surface area contributed by atoms with E-state index in [1.165, 1.54) is 0 Å². The molecule has 6 heteroatoms. The van der Waals surface area contributed by atoms with Gasteiger partial charge in [-0.15, -0.1) is 11.8 Å². The minimum atomic E-state index is -0.0593. The average Bonchev–Trinajstić information content (AvgIpc) is 2.60. The second-order valence-electron chi connectivity index (χ2n) is 5.25. The van der Waals surface area contributed by atoms with E-state index in [-0.39, 0.29) is 18.5 Å². The number of methoxy groups -OCH3 is 1.